The van der Waals surface area contributed by atoms with E-state index in [2.05, 4.69) is 12.6 Å². The molecular formula is C29H23ClN2O5. The van der Waals surface area contributed by atoms with Gasteiger partial charge in [-0.15, -0.1) is 0 Å². The summed E-state index contributed by atoms with van der Waals surface area (Å²) in [5, 5.41) is 10.4. The largest absolute Gasteiger partial charge is 0.493 e. The summed E-state index contributed by atoms with van der Waals surface area (Å²) in [4.78, 5) is 12.4. The highest BCUT2D eigenvalue weighted by molar-refractivity contribution is 6.30. The van der Waals surface area contributed by atoms with Gasteiger partial charge in [0, 0.05) is 22.7 Å². The van der Waals surface area contributed by atoms with Gasteiger partial charge in [-0.25, -0.2) is 4.79 Å². The molecule has 2 N–H and O–H groups in total. The summed E-state index contributed by atoms with van der Waals surface area (Å²) >= 11 is 5.89. The van der Waals surface area contributed by atoms with Crippen LogP contribution in [0, 0.1) is 11.3 Å². The lowest BCUT2D eigenvalue weighted by Gasteiger charge is -2.27. The molecule has 3 aromatic carbocycles. The predicted octanol–water partition coefficient (Wildman–Crippen LogP) is 5.75. The number of benzene rings is 3. The van der Waals surface area contributed by atoms with Crippen LogP contribution in [-0.4, -0.2) is 19.7 Å². The number of methoxy groups -OCH3 is 1. The molecule has 0 saturated heterocycles. The van der Waals surface area contributed by atoms with Gasteiger partial charge in [0.25, 0.3) is 0 Å². The van der Waals surface area contributed by atoms with Crippen molar-refractivity contribution in [2.75, 3.05) is 13.7 Å². The molecule has 1 unspecified atom stereocenters. The summed E-state index contributed by atoms with van der Waals surface area (Å²) in [6.07, 6.45) is 4.58. The Hall–Kier alpha value is -4.67. The molecule has 0 amide bonds. The molecule has 8 heteroatoms. The minimum atomic E-state index is -0.566. The maximum absolute atomic E-state index is 12.4. The second-order valence-corrected chi connectivity index (χ2v) is 8.38. The second kappa shape index (κ2) is 11.4. The van der Waals surface area contributed by atoms with Crippen LogP contribution >= 0.6 is 11.6 Å². The van der Waals surface area contributed by atoms with Crippen LogP contribution in [0.4, 0.5) is 0 Å². The Morgan fingerprint density at radius 1 is 1.16 bits per heavy atom. The molecule has 1 aliphatic heterocycles. The smallest absolute Gasteiger partial charge is 0.336 e. The zero-order valence-electron chi connectivity index (χ0n) is 19.9. The van der Waals surface area contributed by atoms with E-state index in [1.54, 1.807) is 66.7 Å². The van der Waals surface area contributed by atoms with Crippen molar-refractivity contribution in [2.45, 2.75) is 5.92 Å². The van der Waals surface area contributed by atoms with Crippen LogP contribution in [0.5, 0.6) is 23.0 Å². The molecule has 1 heterocycles. The Kier molecular flexibility index (Phi) is 7.82. The third kappa shape index (κ3) is 5.77. The molecule has 7 nitrogen and oxygen atoms in total. The van der Waals surface area contributed by atoms with Crippen molar-refractivity contribution in [3.05, 3.63) is 113 Å². The molecule has 0 spiro atoms. The maximum atomic E-state index is 12.4. The van der Waals surface area contributed by atoms with E-state index in [1.807, 2.05) is 6.07 Å². The van der Waals surface area contributed by atoms with Crippen molar-refractivity contribution >= 4 is 23.6 Å². The quantitative estimate of drug-likeness (QED) is 0.176. The van der Waals surface area contributed by atoms with E-state index in [0.717, 1.165) is 11.1 Å². The standard InChI is InChI=1S/C29H23ClN2O5/c1-3-14-35-24-12-7-19(15-26(24)34-2)28-22-11-10-21(16-25(22)37-29(32)23(28)17-31)36-27(33)13-6-18-4-8-20(30)9-5-18/h3-13,15-16,28H,1,14,32H2,2H3/b13-6+. The van der Waals surface area contributed by atoms with E-state index in [4.69, 9.17) is 36.3 Å². The first-order chi connectivity index (χ1) is 17.9. The molecule has 186 valence electrons. The minimum Gasteiger partial charge on any atom is -0.493 e. The molecule has 1 atom stereocenters. The van der Waals surface area contributed by atoms with Crippen LogP contribution in [-0.2, 0) is 4.79 Å². The Labute approximate surface area is 219 Å². The fourth-order valence-electron chi connectivity index (χ4n) is 3.86. The van der Waals surface area contributed by atoms with Gasteiger partial charge in [-0.2, -0.15) is 5.26 Å². The SMILES string of the molecule is C=CCOc1ccc(C2C(C#N)=C(N)Oc3cc(OC(=O)/C=C/c4ccc(Cl)cc4)ccc32)cc1OC. The van der Waals surface area contributed by atoms with E-state index in [1.165, 1.54) is 13.2 Å². The summed E-state index contributed by atoms with van der Waals surface area (Å²) in [6, 6.07) is 19.5. The van der Waals surface area contributed by atoms with Crippen molar-refractivity contribution in [1.82, 2.24) is 0 Å². The van der Waals surface area contributed by atoms with Crippen LogP contribution in [0.3, 0.4) is 0 Å². The van der Waals surface area contributed by atoms with Gasteiger partial charge < -0.3 is 24.7 Å². The average molecular weight is 515 g/mol. The maximum Gasteiger partial charge on any atom is 0.336 e. The van der Waals surface area contributed by atoms with Crippen LogP contribution in [0.1, 0.15) is 22.6 Å². The summed E-state index contributed by atoms with van der Waals surface area (Å²) in [6.45, 7) is 3.98. The normalized spacial score (nSPS) is 14.4. The van der Waals surface area contributed by atoms with Crippen LogP contribution in [0.2, 0.25) is 5.02 Å². The van der Waals surface area contributed by atoms with Crippen LogP contribution < -0.4 is 24.7 Å². The molecule has 0 aromatic heterocycles. The van der Waals surface area contributed by atoms with E-state index in [9.17, 15) is 10.1 Å². The minimum absolute atomic E-state index is 0.0305. The molecule has 0 fully saturated rings. The third-order valence-corrected chi connectivity index (χ3v) is 5.82. The van der Waals surface area contributed by atoms with Gasteiger partial charge >= 0.3 is 5.97 Å². The zero-order chi connectivity index (χ0) is 26.4. The number of rotatable bonds is 8. The highest BCUT2D eigenvalue weighted by Crippen LogP contribution is 2.45. The van der Waals surface area contributed by atoms with Gasteiger partial charge in [0.1, 0.15) is 29.7 Å². The molecule has 0 saturated carbocycles. The number of esters is 1. The first-order valence-electron chi connectivity index (χ1n) is 11.2. The van der Waals surface area contributed by atoms with E-state index < -0.39 is 11.9 Å². The fourth-order valence-corrected chi connectivity index (χ4v) is 3.99. The summed E-state index contributed by atoms with van der Waals surface area (Å²) < 4.78 is 22.3. The number of nitriles is 1. The molecular weight excluding hydrogens is 492 g/mol. The molecule has 0 aliphatic carbocycles. The van der Waals surface area contributed by atoms with E-state index in [-0.39, 0.29) is 17.2 Å². The number of hydrogen-bond donors (Lipinski definition) is 1. The number of nitrogens with zero attached hydrogens (tertiary/aromatic N) is 1. The number of carbonyl (C=O) groups is 1. The monoisotopic (exact) mass is 514 g/mol. The zero-order valence-corrected chi connectivity index (χ0v) is 20.7. The van der Waals surface area contributed by atoms with Gasteiger partial charge in [0.15, 0.2) is 11.5 Å². The fraction of sp³-hybridized carbons (Fsp3) is 0.103. The van der Waals surface area contributed by atoms with Crippen molar-refractivity contribution in [2.24, 2.45) is 5.73 Å². The van der Waals surface area contributed by atoms with Crippen molar-refractivity contribution in [3.8, 4) is 29.1 Å². The number of allylic oxidation sites excluding steroid dienone is 1. The van der Waals surface area contributed by atoms with Gasteiger partial charge in [0.2, 0.25) is 5.88 Å². The summed E-state index contributed by atoms with van der Waals surface area (Å²) in [5.74, 6) is 0.566. The van der Waals surface area contributed by atoms with Gasteiger partial charge in [-0.1, -0.05) is 48.5 Å². The number of carbonyl (C=O) groups excluding carboxylic acids is 1. The molecule has 1 aliphatic rings. The number of halogens is 1. The van der Waals surface area contributed by atoms with Gasteiger partial charge in [-0.3, -0.25) is 0 Å². The van der Waals surface area contributed by atoms with Gasteiger partial charge in [-0.05, 0) is 47.5 Å². The Balaban J connectivity index is 1.61. The molecule has 37 heavy (non-hydrogen) atoms. The summed E-state index contributed by atoms with van der Waals surface area (Å²) in [5.41, 5.74) is 8.61. The number of hydrogen-bond acceptors (Lipinski definition) is 7. The highest BCUT2D eigenvalue weighted by atomic mass is 35.5. The van der Waals surface area contributed by atoms with Crippen LogP contribution in [0.15, 0.2) is 90.9 Å². The topological polar surface area (TPSA) is 104 Å². The summed E-state index contributed by atoms with van der Waals surface area (Å²) in [7, 11) is 1.54. The van der Waals surface area contributed by atoms with Gasteiger partial charge in [0.05, 0.1) is 13.0 Å². The molecule has 4 rings (SSSR count). The Bertz CT molecular complexity index is 1440. The van der Waals surface area contributed by atoms with Crippen molar-refractivity contribution in [3.63, 3.8) is 0 Å². The first kappa shape index (κ1) is 25.4. The Morgan fingerprint density at radius 2 is 1.95 bits per heavy atom. The number of nitrogens with two attached hydrogens (primary N) is 1. The molecule has 3 aromatic rings. The first-order valence-corrected chi connectivity index (χ1v) is 11.6. The lowest BCUT2D eigenvalue weighted by molar-refractivity contribution is -0.128. The number of fused-ring (bicyclic) bond motifs is 1. The van der Waals surface area contributed by atoms with E-state index in [0.29, 0.717) is 34.4 Å². The predicted molar refractivity (Wildman–Crippen MR) is 141 cm³/mol. The third-order valence-electron chi connectivity index (χ3n) is 5.57. The second-order valence-electron chi connectivity index (χ2n) is 7.94. The lowest BCUT2D eigenvalue weighted by Crippen LogP contribution is -2.21. The van der Waals surface area contributed by atoms with Crippen molar-refractivity contribution in [1.29, 1.82) is 5.26 Å². The average Bonchev–Trinajstić information content (AvgIpc) is 2.90. The molecule has 0 radical (unpaired) electrons. The van der Waals surface area contributed by atoms with E-state index >= 15 is 0 Å². The van der Waals surface area contributed by atoms with Crippen LogP contribution in [0.25, 0.3) is 6.08 Å². The lowest BCUT2D eigenvalue weighted by atomic mass is 9.83. The highest BCUT2D eigenvalue weighted by Gasteiger charge is 2.31. The molecule has 0 bridgehead atoms. The number of ether oxygens (including phenoxy) is 4. The van der Waals surface area contributed by atoms with Crippen molar-refractivity contribution < 1.29 is 23.7 Å². The Morgan fingerprint density at radius 3 is 2.65 bits per heavy atom.